The molecule has 0 atom stereocenters. The number of hydrogen-bond donors (Lipinski definition) is 1. The molecule has 0 aromatic heterocycles. The number of nitrogens with zero attached hydrogens (tertiary/aromatic N) is 1. The molecule has 3 aromatic carbocycles. The van der Waals surface area contributed by atoms with Crippen molar-refractivity contribution < 1.29 is 22.0 Å². The fourth-order valence-corrected chi connectivity index (χ4v) is 4.83. The van der Waals surface area contributed by atoms with Gasteiger partial charge in [-0.1, -0.05) is 48.5 Å². The fourth-order valence-electron chi connectivity index (χ4n) is 3.37. The Morgan fingerprint density at radius 3 is 2.30 bits per heavy atom. The van der Waals surface area contributed by atoms with E-state index in [4.69, 9.17) is 0 Å². The lowest BCUT2D eigenvalue weighted by atomic mass is 9.95. The minimum Gasteiger partial charge on any atom is -0.319 e. The summed E-state index contributed by atoms with van der Waals surface area (Å²) in [4.78, 5) is 12.6. The molecule has 0 aliphatic carbocycles. The summed E-state index contributed by atoms with van der Waals surface area (Å²) in [7, 11) is -2.90. The minimum atomic E-state index is -4.25. The maximum Gasteiger partial charge on any atom is 0.270 e. The molecule has 0 saturated carbocycles. The number of carbonyl (C=O) groups is 1. The van der Waals surface area contributed by atoms with Crippen molar-refractivity contribution in [2.75, 3.05) is 16.7 Å². The fraction of sp³-hybridized carbons (Fsp3) is 0.0455. The van der Waals surface area contributed by atoms with Crippen LogP contribution in [0.4, 0.5) is 20.2 Å². The second-order valence-electron chi connectivity index (χ2n) is 6.64. The predicted molar refractivity (Wildman–Crippen MR) is 111 cm³/mol. The molecule has 3 aromatic rings. The zero-order valence-electron chi connectivity index (χ0n) is 15.8. The van der Waals surface area contributed by atoms with Gasteiger partial charge in [-0.05, 0) is 23.8 Å². The third-order valence-electron chi connectivity index (χ3n) is 4.81. The first kappa shape index (κ1) is 19.8. The van der Waals surface area contributed by atoms with Gasteiger partial charge in [0.2, 0.25) is 0 Å². The van der Waals surface area contributed by atoms with Gasteiger partial charge in [0, 0.05) is 24.3 Å². The van der Waals surface area contributed by atoms with E-state index in [1.807, 2.05) is 0 Å². The Hall–Kier alpha value is -3.52. The number of rotatable bonds is 3. The Balaban J connectivity index is 1.96. The average Bonchev–Trinajstić information content (AvgIpc) is 2.73. The van der Waals surface area contributed by atoms with Gasteiger partial charge in [-0.2, -0.15) is 0 Å². The van der Waals surface area contributed by atoms with Crippen molar-refractivity contribution in [2.45, 2.75) is 0 Å². The topological polar surface area (TPSA) is 66.5 Å². The Kier molecular flexibility index (Phi) is 4.87. The van der Waals surface area contributed by atoms with Gasteiger partial charge >= 0.3 is 0 Å². The Labute approximate surface area is 172 Å². The van der Waals surface area contributed by atoms with Crippen molar-refractivity contribution in [3.63, 3.8) is 0 Å². The molecule has 8 heteroatoms. The summed E-state index contributed by atoms with van der Waals surface area (Å²) < 4.78 is 54.9. The summed E-state index contributed by atoms with van der Waals surface area (Å²) in [6.07, 6.45) is 0. The number of sulfonamides is 1. The van der Waals surface area contributed by atoms with Crippen LogP contribution < -0.4 is 9.62 Å². The number of amides is 1. The van der Waals surface area contributed by atoms with Gasteiger partial charge in [0.25, 0.3) is 15.9 Å². The highest BCUT2D eigenvalue weighted by atomic mass is 32.2. The normalized spacial score (nSPS) is 15.0. The van der Waals surface area contributed by atoms with E-state index in [-0.39, 0.29) is 11.3 Å². The molecular formula is C22H16F2N2O3S. The maximum absolute atomic E-state index is 14.1. The summed E-state index contributed by atoms with van der Waals surface area (Å²) in [5, 5.41) is 2.27. The number of fused-ring (bicyclic) bond motifs is 1. The number of benzene rings is 3. The van der Waals surface area contributed by atoms with Crippen LogP contribution in [0, 0.1) is 11.6 Å². The van der Waals surface area contributed by atoms with Gasteiger partial charge in [0.05, 0.1) is 11.4 Å². The molecule has 1 heterocycles. The van der Waals surface area contributed by atoms with Crippen LogP contribution >= 0.6 is 0 Å². The number of hydrogen-bond acceptors (Lipinski definition) is 3. The van der Waals surface area contributed by atoms with E-state index in [2.05, 4.69) is 5.32 Å². The van der Waals surface area contributed by atoms with Crippen molar-refractivity contribution in [1.29, 1.82) is 0 Å². The molecule has 5 nitrogen and oxygen atoms in total. The average molecular weight is 426 g/mol. The third-order valence-corrected chi connectivity index (χ3v) is 6.63. The van der Waals surface area contributed by atoms with Crippen molar-refractivity contribution in [3.8, 4) is 0 Å². The molecular weight excluding hydrogens is 410 g/mol. The SMILES string of the molecule is CN1c2ccccc2C(c2ccccc2)=C(C(=O)Nc2ccc(F)cc2F)S1(=O)=O. The smallest absolute Gasteiger partial charge is 0.270 e. The van der Waals surface area contributed by atoms with Crippen LogP contribution in [0.1, 0.15) is 11.1 Å². The zero-order valence-corrected chi connectivity index (χ0v) is 16.6. The molecule has 0 fully saturated rings. The second-order valence-corrected chi connectivity index (χ2v) is 8.54. The van der Waals surface area contributed by atoms with Crippen LogP contribution in [0.5, 0.6) is 0 Å². The van der Waals surface area contributed by atoms with E-state index in [0.717, 1.165) is 16.4 Å². The molecule has 152 valence electrons. The van der Waals surface area contributed by atoms with Crippen LogP contribution in [0.25, 0.3) is 5.57 Å². The summed E-state index contributed by atoms with van der Waals surface area (Å²) in [6, 6.07) is 18.0. The van der Waals surface area contributed by atoms with Crippen LogP contribution in [-0.4, -0.2) is 21.4 Å². The standard InChI is InChI=1S/C22H16F2N2O3S/c1-26-19-10-6-5-9-16(19)20(14-7-3-2-4-8-14)21(30(26,28)29)22(27)25-18-12-11-15(23)13-17(18)24/h2-13H,1H3,(H,25,27). The molecule has 4 rings (SSSR count). The zero-order chi connectivity index (χ0) is 21.5. The first-order chi connectivity index (χ1) is 14.3. The lowest BCUT2D eigenvalue weighted by Gasteiger charge is -2.30. The number of anilines is 2. The summed E-state index contributed by atoms with van der Waals surface area (Å²) in [5.74, 6) is -2.83. The van der Waals surface area contributed by atoms with E-state index in [0.29, 0.717) is 22.9 Å². The Morgan fingerprint density at radius 2 is 1.60 bits per heavy atom. The Morgan fingerprint density at radius 1 is 0.933 bits per heavy atom. The van der Waals surface area contributed by atoms with Crippen molar-refractivity contribution >= 4 is 32.9 Å². The van der Waals surface area contributed by atoms with Gasteiger partial charge < -0.3 is 5.32 Å². The van der Waals surface area contributed by atoms with Gasteiger partial charge in [0.15, 0.2) is 4.91 Å². The largest absolute Gasteiger partial charge is 0.319 e. The van der Waals surface area contributed by atoms with Gasteiger partial charge in [-0.3, -0.25) is 9.10 Å². The summed E-state index contributed by atoms with van der Waals surface area (Å²) in [6.45, 7) is 0. The lowest BCUT2D eigenvalue weighted by molar-refractivity contribution is -0.112. The molecule has 0 spiro atoms. The number of para-hydroxylation sites is 1. The molecule has 0 radical (unpaired) electrons. The van der Waals surface area contributed by atoms with Crippen molar-refractivity contribution in [1.82, 2.24) is 0 Å². The van der Waals surface area contributed by atoms with E-state index < -0.39 is 32.5 Å². The highest BCUT2D eigenvalue weighted by Gasteiger charge is 2.39. The maximum atomic E-state index is 14.1. The molecule has 0 saturated heterocycles. The molecule has 0 bridgehead atoms. The van der Waals surface area contributed by atoms with Crippen LogP contribution in [0.15, 0.2) is 77.7 Å². The first-order valence-corrected chi connectivity index (χ1v) is 10.4. The quantitative estimate of drug-likeness (QED) is 0.685. The van der Waals surface area contributed by atoms with E-state index in [1.54, 1.807) is 54.6 Å². The van der Waals surface area contributed by atoms with Crippen molar-refractivity contribution in [2.24, 2.45) is 0 Å². The third kappa shape index (κ3) is 3.25. The molecule has 30 heavy (non-hydrogen) atoms. The van der Waals surface area contributed by atoms with E-state index >= 15 is 0 Å². The van der Waals surface area contributed by atoms with Crippen LogP contribution in [-0.2, 0) is 14.8 Å². The molecule has 1 aliphatic heterocycles. The van der Waals surface area contributed by atoms with Crippen LogP contribution in [0.3, 0.4) is 0 Å². The molecule has 1 N–H and O–H groups in total. The van der Waals surface area contributed by atoms with Gasteiger partial charge in [-0.25, -0.2) is 17.2 Å². The number of halogens is 2. The van der Waals surface area contributed by atoms with Gasteiger partial charge in [0.1, 0.15) is 11.6 Å². The van der Waals surface area contributed by atoms with E-state index in [9.17, 15) is 22.0 Å². The minimum absolute atomic E-state index is 0.212. The molecule has 0 unspecified atom stereocenters. The number of nitrogens with one attached hydrogen (secondary N) is 1. The predicted octanol–water partition coefficient (Wildman–Crippen LogP) is 4.14. The second kappa shape index (κ2) is 7.38. The molecule has 1 aliphatic rings. The highest BCUT2D eigenvalue weighted by Crippen LogP contribution is 2.42. The monoisotopic (exact) mass is 426 g/mol. The van der Waals surface area contributed by atoms with Gasteiger partial charge in [-0.15, -0.1) is 0 Å². The summed E-state index contributed by atoms with van der Waals surface area (Å²) >= 11 is 0. The van der Waals surface area contributed by atoms with E-state index in [1.165, 1.54) is 7.05 Å². The number of carbonyl (C=O) groups excluding carboxylic acids is 1. The Bertz CT molecular complexity index is 1290. The first-order valence-electron chi connectivity index (χ1n) is 8.95. The highest BCUT2D eigenvalue weighted by molar-refractivity contribution is 7.97. The van der Waals surface area contributed by atoms with Crippen LogP contribution in [0.2, 0.25) is 0 Å². The lowest BCUT2D eigenvalue weighted by Crippen LogP contribution is -2.37. The van der Waals surface area contributed by atoms with Crippen molar-refractivity contribution in [3.05, 3.63) is 100 Å². The summed E-state index contributed by atoms with van der Waals surface area (Å²) in [5.41, 5.74) is 1.38. The molecule has 1 amide bonds.